The summed E-state index contributed by atoms with van der Waals surface area (Å²) in [5.41, 5.74) is 7.10. The Labute approximate surface area is 127 Å². The van der Waals surface area contributed by atoms with Crippen LogP contribution in [-0.4, -0.2) is 34.9 Å². The van der Waals surface area contributed by atoms with Gasteiger partial charge in [0.05, 0.1) is 12.1 Å². The summed E-state index contributed by atoms with van der Waals surface area (Å²) in [4.78, 5) is 18.3. The molecule has 2 N–H and O–H groups in total. The highest BCUT2D eigenvalue weighted by atomic mass is 19.1. The first-order valence-electron chi connectivity index (χ1n) is 7.35. The third kappa shape index (κ3) is 3.33. The first-order valence-corrected chi connectivity index (χ1v) is 7.35. The molecule has 3 rings (SSSR count). The van der Waals surface area contributed by atoms with Gasteiger partial charge in [0, 0.05) is 24.7 Å². The van der Waals surface area contributed by atoms with Gasteiger partial charge in [-0.15, -0.1) is 0 Å². The number of nitrogens with zero attached hydrogens (tertiary/aromatic N) is 2. The predicted molar refractivity (Wildman–Crippen MR) is 79.4 cm³/mol. The topological polar surface area (TPSA) is 72.4 Å². The number of carbonyl (C=O) groups is 1. The first kappa shape index (κ1) is 14.7. The van der Waals surface area contributed by atoms with Gasteiger partial charge in [0.2, 0.25) is 11.8 Å². The molecule has 1 fully saturated rings. The molecule has 1 aliphatic rings. The molecule has 0 radical (unpaired) electrons. The number of hydrogen-bond donors (Lipinski definition) is 1. The third-order valence-electron chi connectivity index (χ3n) is 3.87. The van der Waals surface area contributed by atoms with Gasteiger partial charge >= 0.3 is 0 Å². The molecule has 6 heteroatoms. The molecule has 0 aliphatic carbocycles. The number of likely N-dealkylation sites (tertiary alicyclic amines) is 1. The summed E-state index contributed by atoms with van der Waals surface area (Å²) >= 11 is 0. The number of aromatic nitrogens is 1. The second-order valence-electron chi connectivity index (χ2n) is 5.55. The van der Waals surface area contributed by atoms with E-state index in [9.17, 15) is 9.18 Å². The Bertz CT molecular complexity index is 646. The van der Waals surface area contributed by atoms with Crippen molar-refractivity contribution in [1.82, 2.24) is 9.88 Å². The van der Waals surface area contributed by atoms with Crippen LogP contribution in [0.2, 0.25) is 0 Å². The second kappa shape index (κ2) is 6.27. The van der Waals surface area contributed by atoms with Crippen LogP contribution in [-0.2, 0) is 11.2 Å². The quantitative estimate of drug-likeness (QED) is 0.941. The van der Waals surface area contributed by atoms with E-state index in [-0.39, 0.29) is 24.2 Å². The average Bonchev–Trinajstić information content (AvgIpc) is 2.97. The summed E-state index contributed by atoms with van der Waals surface area (Å²) in [6.45, 7) is 1.39. The molecule has 1 saturated heterocycles. The summed E-state index contributed by atoms with van der Waals surface area (Å²) < 4.78 is 18.3. The van der Waals surface area contributed by atoms with Gasteiger partial charge in [-0.2, -0.15) is 0 Å². The molecule has 116 valence electrons. The number of amides is 1. The lowest BCUT2D eigenvalue weighted by Crippen LogP contribution is -2.43. The van der Waals surface area contributed by atoms with Crippen LogP contribution in [0.3, 0.4) is 0 Å². The number of halogens is 1. The zero-order valence-corrected chi connectivity index (χ0v) is 12.2. The van der Waals surface area contributed by atoms with Crippen molar-refractivity contribution in [2.45, 2.75) is 25.3 Å². The molecule has 1 amide bonds. The molecular weight excluding hydrogens is 285 g/mol. The van der Waals surface area contributed by atoms with Gasteiger partial charge < -0.3 is 15.1 Å². The highest BCUT2D eigenvalue weighted by molar-refractivity contribution is 5.78. The summed E-state index contributed by atoms with van der Waals surface area (Å²) in [6.07, 6.45) is 3.36. The Balaban J connectivity index is 1.64. The minimum Gasteiger partial charge on any atom is -0.444 e. The van der Waals surface area contributed by atoms with Gasteiger partial charge in [-0.25, -0.2) is 9.37 Å². The standard InChI is InChI=1S/C16H18FN3O2/c17-12-3-1-11(2-4-12)16-19-14(10-22-16)9-15(21)20-7-5-13(18)6-8-20/h1-4,10,13H,5-9,18H2. The molecule has 22 heavy (non-hydrogen) atoms. The van der Waals surface area contributed by atoms with Crippen LogP contribution in [0.1, 0.15) is 18.5 Å². The maximum atomic E-state index is 12.9. The van der Waals surface area contributed by atoms with Gasteiger partial charge in [-0.3, -0.25) is 4.79 Å². The van der Waals surface area contributed by atoms with Crippen LogP contribution in [0.5, 0.6) is 0 Å². The van der Waals surface area contributed by atoms with E-state index >= 15 is 0 Å². The van der Waals surface area contributed by atoms with E-state index < -0.39 is 0 Å². The van der Waals surface area contributed by atoms with Crippen LogP contribution >= 0.6 is 0 Å². The van der Waals surface area contributed by atoms with E-state index in [1.54, 1.807) is 12.1 Å². The SMILES string of the molecule is NC1CCN(C(=O)Cc2coc(-c3ccc(F)cc3)n2)CC1. The second-order valence-corrected chi connectivity index (χ2v) is 5.55. The van der Waals surface area contributed by atoms with Crippen LogP contribution in [0.25, 0.3) is 11.5 Å². The fraction of sp³-hybridized carbons (Fsp3) is 0.375. The van der Waals surface area contributed by atoms with Crippen LogP contribution in [0.15, 0.2) is 34.9 Å². The molecule has 0 bridgehead atoms. The monoisotopic (exact) mass is 303 g/mol. The van der Waals surface area contributed by atoms with Crippen LogP contribution in [0.4, 0.5) is 4.39 Å². The van der Waals surface area contributed by atoms with E-state index in [0.29, 0.717) is 30.2 Å². The van der Waals surface area contributed by atoms with E-state index in [2.05, 4.69) is 4.98 Å². The Morgan fingerprint density at radius 2 is 2.00 bits per heavy atom. The molecule has 1 aromatic heterocycles. The maximum Gasteiger partial charge on any atom is 0.228 e. The van der Waals surface area contributed by atoms with E-state index in [0.717, 1.165) is 12.8 Å². The molecule has 0 spiro atoms. The molecular formula is C16H18FN3O2. The van der Waals surface area contributed by atoms with E-state index in [4.69, 9.17) is 10.2 Å². The number of carbonyl (C=O) groups excluding carboxylic acids is 1. The van der Waals surface area contributed by atoms with Gasteiger partial charge in [-0.1, -0.05) is 0 Å². The molecule has 0 saturated carbocycles. The van der Waals surface area contributed by atoms with E-state index in [1.165, 1.54) is 18.4 Å². The molecule has 5 nitrogen and oxygen atoms in total. The highest BCUT2D eigenvalue weighted by Gasteiger charge is 2.21. The van der Waals surface area contributed by atoms with Crippen molar-refractivity contribution in [3.8, 4) is 11.5 Å². The average molecular weight is 303 g/mol. The Hall–Kier alpha value is -2.21. The van der Waals surface area contributed by atoms with Crippen molar-refractivity contribution in [3.63, 3.8) is 0 Å². The lowest BCUT2D eigenvalue weighted by atomic mass is 10.1. The molecule has 1 aliphatic heterocycles. The van der Waals surface area contributed by atoms with Crippen LogP contribution in [0, 0.1) is 5.82 Å². The Morgan fingerprint density at radius 1 is 1.32 bits per heavy atom. The number of rotatable bonds is 3. The fourth-order valence-corrected chi connectivity index (χ4v) is 2.53. The number of oxazole rings is 1. The highest BCUT2D eigenvalue weighted by Crippen LogP contribution is 2.19. The lowest BCUT2D eigenvalue weighted by molar-refractivity contribution is -0.131. The van der Waals surface area contributed by atoms with Crippen molar-refractivity contribution in [2.75, 3.05) is 13.1 Å². The molecule has 0 unspecified atom stereocenters. The Kier molecular flexibility index (Phi) is 4.20. The van der Waals surface area contributed by atoms with Gasteiger partial charge in [0.25, 0.3) is 0 Å². The maximum absolute atomic E-state index is 12.9. The molecule has 2 aromatic rings. The van der Waals surface area contributed by atoms with Gasteiger partial charge in [-0.05, 0) is 37.1 Å². The lowest BCUT2D eigenvalue weighted by Gasteiger charge is -2.30. The van der Waals surface area contributed by atoms with Crippen molar-refractivity contribution in [3.05, 3.63) is 42.0 Å². The van der Waals surface area contributed by atoms with Gasteiger partial charge in [0.15, 0.2) is 0 Å². The zero-order valence-electron chi connectivity index (χ0n) is 12.2. The smallest absolute Gasteiger partial charge is 0.228 e. The minimum absolute atomic E-state index is 0.0332. The minimum atomic E-state index is -0.311. The van der Waals surface area contributed by atoms with E-state index in [1.807, 2.05) is 4.90 Å². The van der Waals surface area contributed by atoms with Crippen molar-refractivity contribution in [1.29, 1.82) is 0 Å². The summed E-state index contributed by atoms with van der Waals surface area (Å²) in [5.74, 6) is 0.114. The number of nitrogens with two attached hydrogens (primary N) is 1. The van der Waals surface area contributed by atoms with Crippen molar-refractivity contribution in [2.24, 2.45) is 5.73 Å². The normalized spacial score (nSPS) is 16.0. The third-order valence-corrected chi connectivity index (χ3v) is 3.87. The molecule has 0 atom stereocenters. The molecule has 2 heterocycles. The first-order chi connectivity index (χ1) is 10.6. The predicted octanol–water partition coefficient (Wildman–Crippen LogP) is 1.97. The van der Waals surface area contributed by atoms with Crippen molar-refractivity contribution >= 4 is 5.91 Å². The summed E-state index contributed by atoms with van der Waals surface area (Å²) in [6, 6.07) is 6.08. The number of hydrogen-bond acceptors (Lipinski definition) is 4. The van der Waals surface area contributed by atoms with Crippen LogP contribution < -0.4 is 5.73 Å². The molecule has 1 aromatic carbocycles. The fourth-order valence-electron chi connectivity index (χ4n) is 2.53. The van der Waals surface area contributed by atoms with Crippen molar-refractivity contribution < 1.29 is 13.6 Å². The summed E-state index contributed by atoms with van der Waals surface area (Å²) in [5, 5.41) is 0. The Morgan fingerprint density at radius 3 is 2.68 bits per heavy atom. The zero-order chi connectivity index (χ0) is 15.5. The van der Waals surface area contributed by atoms with Gasteiger partial charge in [0.1, 0.15) is 12.1 Å². The number of piperidine rings is 1. The number of benzene rings is 1. The summed E-state index contributed by atoms with van der Waals surface area (Å²) in [7, 11) is 0. The largest absolute Gasteiger partial charge is 0.444 e.